The second-order valence-corrected chi connectivity index (χ2v) is 7.12. The summed E-state index contributed by atoms with van der Waals surface area (Å²) in [5.41, 5.74) is 0. The Hall–Kier alpha value is -1.03. The standard InChI is InChI=1S/C20H37ClN4/c1-5-9-13-24(14-10-6-2)19-17-18(21)22-20(23-19)25(15-11-7-3)16-12-8-4/h17H,5-16H2,1-4H3. The minimum Gasteiger partial charge on any atom is -0.356 e. The van der Waals surface area contributed by atoms with E-state index in [1.54, 1.807) is 0 Å². The molecule has 1 heterocycles. The van der Waals surface area contributed by atoms with Gasteiger partial charge in [-0.05, 0) is 25.7 Å². The summed E-state index contributed by atoms with van der Waals surface area (Å²) in [6.45, 7) is 13.0. The van der Waals surface area contributed by atoms with Crippen LogP contribution in [0.25, 0.3) is 0 Å². The predicted octanol–water partition coefficient (Wildman–Crippen LogP) is 5.94. The molecule has 0 fully saturated rings. The number of anilines is 2. The van der Waals surface area contributed by atoms with Crippen molar-refractivity contribution in [1.82, 2.24) is 9.97 Å². The van der Waals surface area contributed by atoms with E-state index in [0.29, 0.717) is 5.15 Å². The lowest BCUT2D eigenvalue weighted by atomic mass is 10.2. The molecule has 1 rings (SSSR count). The molecule has 1 aromatic rings. The van der Waals surface area contributed by atoms with Gasteiger partial charge in [-0.1, -0.05) is 65.0 Å². The molecule has 0 N–H and O–H groups in total. The molecule has 0 saturated carbocycles. The predicted molar refractivity (Wildman–Crippen MR) is 111 cm³/mol. The highest BCUT2D eigenvalue weighted by Gasteiger charge is 2.15. The number of hydrogen-bond acceptors (Lipinski definition) is 4. The normalized spacial score (nSPS) is 10.9. The molecule has 4 nitrogen and oxygen atoms in total. The zero-order chi connectivity index (χ0) is 18.5. The Bertz CT molecular complexity index is 413. The van der Waals surface area contributed by atoms with Crippen LogP contribution in [0, 0.1) is 0 Å². The van der Waals surface area contributed by atoms with E-state index in [9.17, 15) is 0 Å². The number of aromatic nitrogens is 2. The van der Waals surface area contributed by atoms with Crippen LogP contribution in [0.15, 0.2) is 6.07 Å². The van der Waals surface area contributed by atoms with Gasteiger partial charge in [-0.3, -0.25) is 0 Å². The van der Waals surface area contributed by atoms with Gasteiger partial charge in [0.25, 0.3) is 0 Å². The van der Waals surface area contributed by atoms with Crippen LogP contribution in [0.4, 0.5) is 11.8 Å². The van der Waals surface area contributed by atoms with E-state index in [4.69, 9.17) is 16.6 Å². The molecule has 0 spiro atoms. The van der Waals surface area contributed by atoms with E-state index in [2.05, 4.69) is 42.5 Å². The third-order valence-electron chi connectivity index (χ3n) is 4.40. The average molecular weight is 369 g/mol. The maximum absolute atomic E-state index is 6.37. The fourth-order valence-electron chi connectivity index (χ4n) is 2.75. The molecule has 1 aromatic heterocycles. The summed E-state index contributed by atoms with van der Waals surface area (Å²) in [5, 5.41) is 0.552. The molecule has 0 unspecified atom stereocenters. The first-order chi connectivity index (χ1) is 12.2. The van der Waals surface area contributed by atoms with E-state index in [1.165, 1.54) is 38.5 Å². The molecule has 0 atom stereocenters. The fraction of sp³-hybridized carbons (Fsp3) is 0.800. The van der Waals surface area contributed by atoms with Crippen LogP contribution in [-0.2, 0) is 0 Å². The van der Waals surface area contributed by atoms with Gasteiger partial charge < -0.3 is 9.80 Å². The second-order valence-electron chi connectivity index (χ2n) is 6.74. The summed E-state index contributed by atoms with van der Waals surface area (Å²) >= 11 is 6.37. The largest absolute Gasteiger partial charge is 0.356 e. The minimum absolute atomic E-state index is 0.552. The van der Waals surface area contributed by atoms with E-state index in [1.807, 2.05) is 6.07 Å². The molecule has 0 amide bonds. The molecule has 0 saturated heterocycles. The summed E-state index contributed by atoms with van der Waals surface area (Å²) in [7, 11) is 0. The molecule has 0 aromatic carbocycles. The number of halogens is 1. The minimum atomic E-state index is 0.552. The molecular weight excluding hydrogens is 332 g/mol. The molecule has 5 heteroatoms. The highest BCUT2D eigenvalue weighted by molar-refractivity contribution is 6.29. The smallest absolute Gasteiger partial charge is 0.228 e. The topological polar surface area (TPSA) is 32.3 Å². The lowest BCUT2D eigenvalue weighted by molar-refractivity contribution is 0.652. The molecule has 0 aliphatic heterocycles. The van der Waals surface area contributed by atoms with Gasteiger partial charge >= 0.3 is 0 Å². The quantitative estimate of drug-likeness (QED) is 0.380. The van der Waals surface area contributed by atoms with Gasteiger partial charge in [0.15, 0.2) is 0 Å². The summed E-state index contributed by atoms with van der Waals surface area (Å²) in [4.78, 5) is 14.1. The van der Waals surface area contributed by atoms with Crippen molar-refractivity contribution in [2.75, 3.05) is 36.0 Å². The SMILES string of the molecule is CCCCN(CCCC)c1cc(Cl)nc(N(CCCC)CCCC)n1. The van der Waals surface area contributed by atoms with Crippen molar-refractivity contribution in [1.29, 1.82) is 0 Å². The first-order valence-corrected chi connectivity index (χ1v) is 10.6. The van der Waals surface area contributed by atoms with Crippen LogP contribution < -0.4 is 9.80 Å². The average Bonchev–Trinajstić information content (AvgIpc) is 2.61. The highest BCUT2D eigenvalue weighted by Crippen LogP contribution is 2.22. The zero-order valence-electron chi connectivity index (χ0n) is 16.7. The highest BCUT2D eigenvalue weighted by atomic mass is 35.5. The number of hydrogen-bond donors (Lipinski definition) is 0. The summed E-state index contributed by atoms with van der Waals surface area (Å²) in [6, 6.07) is 1.92. The van der Waals surface area contributed by atoms with Crippen molar-refractivity contribution in [3.8, 4) is 0 Å². The molecule has 0 aliphatic carbocycles. The summed E-state index contributed by atoms with van der Waals surface area (Å²) < 4.78 is 0. The first-order valence-electron chi connectivity index (χ1n) is 10.2. The molecule has 25 heavy (non-hydrogen) atoms. The maximum atomic E-state index is 6.37. The molecule has 0 bridgehead atoms. The van der Waals surface area contributed by atoms with Crippen LogP contribution in [0.1, 0.15) is 79.1 Å². The van der Waals surface area contributed by atoms with Gasteiger partial charge in [-0.2, -0.15) is 4.98 Å². The van der Waals surface area contributed by atoms with Gasteiger partial charge in [0.2, 0.25) is 5.95 Å². The lowest BCUT2D eigenvalue weighted by Crippen LogP contribution is -2.30. The van der Waals surface area contributed by atoms with E-state index in [0.717, 1.165) is 50.8 Å². The van der Waals surface area contributed by atoms with E-state index < -0.39 is 0 Å². The molecule has 144 valence electrons. The molecule has 0 aliphatic rings. The Morgan fingerprint density at radius 1 is 0.720 bits per heavy atom. The molecule has 0 radical (unpaired) electrons. The van der Waals surface area contributed by atoms with Crippen molar-refractivity contribution in [2.45, 2.75) is 79.1 Å². The van der Waals surface area contributed by atoms with Gasteiger partial charge in [-0.25, -0.2) is 4.98 Å². The van der Waals surface area contributed by atoms with Crippen molar-refractivity contribution >= 4 is 23.4 Å². The third-order valence-corrected chi connectivity index (χ3v) is 4.60. The van der Waals surface area contributed by atoms with Gasteiger partial charge in [0, 0.05) is 32.2 Å². The molecular formula is C20H37ClN4. The first kappa shape index (κ1) is 22.0. The number of nitrogens with zero attached hydrogens (tertiary/aromatic N) is 4. The van der Waals surface area contributed by atoms with E-state index >= 15 is 0 Å². The van der Waals surface area contributed by atoms with Gasteiger partial charge in [-0.15, -0.1) is 0 Å². The zero-order valence-corrected chi connectivity index (χ0v) is 17.5. The Morgan fingerprint density at radius 2 is 1.16 bits per heavy atom. The van der Waals surface area contributed by atoms with Gasteiger partial charge in [0.1, 0.15) is 11.0 Å². The van der Waals surface area contributed by atoms with Gasteiger partial charge in [0.05, 0.1) is 0 Å². The number of unbranched alkanes of at least 4 members (excludes halogenated alkanes) is 4. The summed E-state index contributed by atoms with van der Waals surface area (Å²) in [6.07, 6.45) is 9.39. The lowest BCUT2D eigenvalue weighted by Gasteiger charge is -2.27. The van der Waals surface area contributed by atoms with Crippen LogP contribution in [-0.4, -0.2) is 36.1 Å². The van der Waals surface area contributed by atoms with Crippen LogP contribution in [0.3, 0.4) is 0 Å². The Morgan fingerprint density at radius 3 is 1.60 bits per heavy atom. The van der Waals surface area contributed by atoms with E-state index in [-0.39, 0.29) is 0 Å². The Kier molecular flexibility index (Phi) is 11.6. The van der Waals surface area contributed by atoms with Crippen LogP contribution >= 0.6 is 11.6 Å². The third kappa shape index (κ3) is 8.26. The van der Waals surface area contributed by atoms with Crippen LogP contribution in [0.2, 0.25) is 5.15 Å². The Balaban J connectivity index is 3.02. The van der Waals surface area contributed by atoms with Crippen molar-refractivity contribution in [3.63, 3.8) is 0 Å². The number of rotatable bonds is 14. The van der Waals surface area contributed by atoms with Crippen LogP contribution in [0.5, 0.6) is 0 Å². The Labute approximate surface area is 160 Å². The van der Waals surface area contributed by atoms with Crippen molar-refractivity contribution in [3.05, 3.63) is 11.2 Å². The monoisotopic (exact) mass is 368 g/mol. The second kappa shape index (κ2) is 13.2. The fourth-order valence-corrected chi connectivity index (χ4v) is 2.92. The van der Waals surface area contributed by atoms with Crippen molar-refractivity contribution < 1.29 is 0 Å². The van der Waals surface area contributed by atoms with Crippen molar-refractivity contribution in [2.24, 2.45) is 0 Å². The maximum Gasteiger partial charge on any atom is 0.228 e. The summed E-state index contributed by atoms with van der Waals surface area (Å²) in [5.74, 6) is 1.78.